The second kappa shape index (κ2) is 8.22. The van der Waals surface area contributed by atoms with Crippen molar-refractivity contribution in [3.05, 3.63) is 29.8 Å². The quantitative estimate of drug-likeness (QED) is 0.501. The van der Waals surface area contributed by atoms with E-state index in [1.807, 2.05) is 12.1 Å². The van der Waals surface area contributed by atoms with Crippen LogP contribution in [0.15, 0.2) is 24.3 Å². The number of hydrogen-bond acceptors (Lipinski definition) is 4. The smallest absolute Gasteiger partial charge is 0.328 e. The van der Waals surface area contributed by atoms with Gasteiger partial charge in [0.05, 0.1) is 11.4 Å². The lowest BCUT2D eigenvalue weighted by molar-refractivity contribution is -0.131. The summed E-state index contributed by atoms with van der Waals surface area (Å²) in [6, 6.07) is 5.48. The van der Waals surface area contributed by atoms with Gasteiger partial charge in [-0.3, -0.25) is 0 Å². The lowest BCUT2D eigenvalue weighted by Gasteiger charge is -2.19. The molecule has 0 radical (unpaired) electrons. The van der Waals surface area contributed by atoms with Crippen LogP contribution in [0.2, 0.25) is 0 Å². The SMILES string of the molecule is CCN(CC)CCNc1ccc(C=CC(=O)O)cc1N. The van der Waals surface area contributed by atoms with E-state index in [1.54, 1.807) is 6.07 Å². The fourth-order valence-electron chi connectivity index (χ4n) is 1.90. The molecule has 0 unspecified atom stereocenters. The Labute approximate surface area is 120 Å². The molecule has 0 aliphatic rings. The van der Waals surface area contributed by atoms with Crippen LogP contribution in [0.1, 0.15) is 19.4 Å². The molecule has 1 aromatic rings. The molecule has 0 amide bonds. The highest BCUT2D eigenvalue weighted by molar-refractivity contribution is 5.86. The maximum absolute atomic E-state index is 10.5. The summed E-state index contributed by atoms with van der Waals surface area (Å²) in [6.07, 6.45) is 2.63. The first-order valence-corrected chi connectivity index (χ1v) is 6.83. The summed E-state index contributed by atoms with van der Waals surface area (Å²) in [5, 5.41) is 11.9. The molecule has 5 nitrogen and oxygen atoms in total. The summed E-state index contributed by atoms with van der Waals surface area (Å²) in [6.45, 7) is 8.14. The third-order valence-corrected chi connectivity index (χ3v) is 3.13. The Hall–Kier alpha value is -2.01. The van der Waals surface area contributed by atoms with Crippen molar-refractivity contribution in [1.29, 1.82) is 0 Å². The highest BCUT2D eigenvalue weighted by Crippen LogP contribution is 2.20. The number of benzene rings is 1. The Morgan fingerprint density at radius 2 is 2.10 bits per heavy atom. The molecule has 110 valence electrons. The van der Waals surface area contributed by atoms with Gasteiger partial charge in [-0.1, -0.05) is 19.9 Å². The van der Waals surface area contributed by atoms with Gasteiger partial charge in [0.2, 0.25) is 0 Å². The number of carboxylic acids is 1. The van der Waals surface area contributed by atoms with Crippen LogP contribution < -0.4 is 11.1 Å². The number of nitrogens with one attached hydrogen (secondary N) is 1. The average molecular weight is 277 g/mol. The maximum atomic E-state index is 10.5. The van der Waals surface area contributed by atoms with E-state index in [9.17, 15) is 4.79 Å². The molecule has 0 bridgehead atoms. The van der Waals surface area contributed by atoms with Crippen LogP contribution >= 0.6 is 0 Å². The van der Waals surface area contributed by atoms with Crippen molar-refractivity contribution in [2.24, 2.45) is 0 Å². The highest BCUT2D eigenvalue weighted by atomic mass is 16.4. The first kappa shape index (κ1) is 16.0. The topological polar surface area (TPSA) is 78.6 Å². The highest BCUT2D eigenvalue weighted by Gasteiger charge is 2.01. The second-order valence-electron chi connectivity index (χ2n) is 4.47. The molecule has 4 N–H and O–H groups in total. The Balaban J connectivity index is 2.58. The van der Waals surface area contributed by atoms with E-state index in [0.717, 1.165) is 43.5 Å². The number of likely N-dealkylation sites (N-methyl/N-ethyl adjacent to an activating group) is 1. The minimum Gasteiger partial charge on any atom is -0.478 e. The van der Waals surface area contributed by atoms with Crippen LogP contribution in [-0.2, 0) is 4.79 Å². The molecule has 0 aliphatic carbocycles. The number of aliphatic carboxylic acids is 1. The summed E-state index contributed by atoms with van der Waals surface area (Å²) < 4.78 is 0. The van der Waals surface area contributed by atoms with Crippen LogP contribution in [0.4, 0.5) is 11.4 Å². The molecule has 0 aliphatic heterocycles. The van der Waals surface area contributed by atoms with Crippen molar-refractivity contribution in [2.45, 2.75) is 13.8 Å². The van der Waals surface area contributed by atoms with E-state index in [2.05, 4.69) is 24.1 Å². The maximum Gasteiger partial charge on any atom is 0.328 e. The summed E-state index contributed by atoms with van der Waals surface area (Å²) >= 11 is 0. The van der Waals surface area contributed by atoms with Gasteiger partial charge >= 0.3 is 5.97 Å². The van der Waals surface area contributed by atoms with Gasteiger partial charge < -0.3 is 21.1 Å². The lowest BCUT2D eigenvalue weighted by atomic mass is 10.1. The number of rotatable bonds is 8. The largest absolute Gasteiger partial charge is 0.478 e. The molecule has 0 aromatic heterocycles. The number of nitrogen functional groups attached to an aromatic ring is 1. The van der Waals surface area contributed by atoms with Gasteiger partial charge in [-0.15, -0.1) is 0 Å². The summed E-state index contributed by atoms with van der Waals surface area (Å²) in [5.41, 5.74) is 8.23. The molecule has 0 fully saturated rings. The number of nitrogens with two attached hydrogens (primary N) is 1. The molecule has 1 aromatic carbocycles. The zero-order valence-electron chi connectivity index (χ0n) is 12.1. The third kappa shape index (κ3) is 5.32. The summed E-state index contributed by atoms with van der Waals surface area (Å²) in [7, 11) is 0. The molecule has 1 rings (SSSR count). The van der Waals surface area contributed by atoms with E-state index < -0.39 is 5.97 Å². The zero-order chi connectivity index (χ0) is 15.0. The molecule has 0 heterocycles. The van der Waals surface area contributed by atoms with Crippen molar-refractivity contribution in [1.82, 2.24) is 4.90 Å². The Morgan fingerprint density at radius 3 is 2.65 bits per heavy atom. The predicted molar refractivity (Wildman–Crippen MR) is 83.8 cm³/mol. The van der Waals surface area contributed by atoms with Crippen molar-refractivity contribution in [3.63, 3.8) is 0 Å². The van der Waals surface area contributed by atoms with Crippen LogP contribution in [0, 0.1) is 0 Å². The van der Waals surface area contributed by atoms with Gasteiger partial charge in [-0.2, -0.15) is 0 Å². The molecule has 0 saturated heterocycles. The average Bonchev–Trinajstić information content (AvgIpc) is 2.43. The first-order valence-electron chi connectivity index (χ1n) is 6.83. The fourth-order valence-corrected chi connectivity index (χ4v) is 1.90. The van der Waals surface area contributed by atoms with E-state index in [-0.39, 0.29) is 0 Å². The van der Waals surface area contributed by atoms with Gasteiger partial charge in [0.25, 0.3) is 0 Å². The predicted octanol–water partition coefficient (Wildman–Crippen LogP) is 2.12. The van der Waals surface area contributed by atoms with Crippen LogP contribution in [-0.4, -0.2) is 42.2 Å². The minimum atomic E-state index is -0.968. The van der Waals surface area contributed by atoms with Crippen molar-refractivity contribution >= 4 is 23.4 Å². The molecular formula is C15H23N3O2. The van der Waals surface area contributed by atoms with Crippen LogP contribution in [0.3, 0.4) is 0 Å². The van der Waals surface area contributed by atoms with E-state index in [4.69, 9.17) is 10.8 Å². The molecule has 0 atom stereocenters. The minimum absolute atomic E-state index is 0.622. The Morgan fingerprint density at radius 1 is 1.40 bits per heavy atom. The van der Waals surface area contributed by atoms with Crippen LogP contribution in [0.25, 0.3) is 6.08 Å². The van der Waals surface area contributed by atoms with Gasteiger partial charge in [0.1, 0.15) is 0 Å². The first-order chi connectivity index (χ1) is 9.56. The standard InChI is InChI=1S/C15H23N3O2/c1-3-18(4-2)10-9-17-14-7-5-12(11-13(14)16)6-8-15(19)20/h5-8,11,17H,3-4,9-10,16H2,1-2H3,(H,19,20). The third-order valence-electron chi connectivity index (χ3n) is 3.13. The van der Waals surface area contributed by atoms with Crippen molar-refractivity contribution in [3.8, 4) is 0 Å². The molecular weight excluding hydrogens is 254 g/mol. The number of anilines is 2. The second-order valence-corrected chi connectivity index (χ2v) is 4.47. The van der Waals surface area contributed by atoms with Crippen molar-refractivity contribution in [2.75, 3.05) is 37.2 Å². The normalized spacial score (nSPS) is 11.2. The van der Waals surface area contributed by atoms with E-state index in [0.29, 0.717) is 5.69 Å². The summed E-state index contributed by atoms with van der Waals surface area (Å²) in [4.78, 5) is 12.8. The molecule has 0 spiro atoms. The van der Waals surface area contributed by atoms with Crippen LogP contribution in [0.5, 0.6) is 0 Å². The number of nitrogens with zero attached hydrogens (tertiary/aromatic N) is 1. The number of carbonyl (C=O) groups is 1. The van der Waals surface area contributed by atoms with E-state index >= 15 is 0 Å². The molecule has 20 heavy (non-hydrogen) atoms. The molecule has 0 saturated carbocycles. The van der Waals surface area contributed by atoms with Gasteiger partial charge in [0.15, 0.2) is 0 Å². The lowest BCUT2D eigenvalue weighted by Crippen LogP contribution is -2.28. The van der Waals surface area contributed by atoms with Crippen molar-refractivity contribution < 1.29 is 9.90 Å². The van der Waals surface area contributed by atoms with Gasteiger partial charge in [0, 0.05) is 19.2 Å². The van der Waals surface area contributed by atoms with E-state index in [1.165, 1.54) is 6.08 Å². The fraction of sp³-hybridized carbons (Fsp3) is 0.400. The Bertz CT molecular complexity index is 468. The zero-order valence-corrected chi connectivity index (χ0v) is 12.1. The van der Waals surface area contributed by atoms with Gasteiger partial charge in [-0.05, 0) is 36.9 Å². The number of carboxylic acid groups (broad SMARTS) is 1. The van der Waals surface area contributed by atoms with Gasteiger partial charge in [-0.25, -0.2) is 4.79 Å². The Kier molecular flexibility index (Phi) is 6.59. The summed E-state index contributed by atoms with van der Waals surface area (Å²) in [5.74, 6) is -0.968. The molecule has 5 heteroatoms. The number of hydrogen-bond donors (Lipinski definition) is 3. The monoisotopic (exact) mass is 277 g/mol.